The summed E-state index contributed by atoms with van der Waals surface area (Å²) in [5.41, 5.74) is 0.893. The van der Waals surface area contributed by atoms with Gasteiger partial charge in [0.05, 0.1) is 4.90 Å². The molecule has 1 aliphatic rings. The predicted molar refractivity (Wildman–Crippen MR) is 73.9 cm³/mol. The first kappa shape index (κ1) is 14.3. The Morgan fingerprint density at radius 1 is 1.42 bits per heavy atom. The van der Waals surface area contributed by atoms with Crippen LogP contribution in [-0.4, -0.2) is 32.8 Å². The number of rotatable bonds is 4. The van der Waals surface area contributed by atoms with Gasteiger partial charge in [0, 0.05) is 29.8 Å². The maximum atomic E-state index is 12.2. The largest absolute Gasteiger partial charge is 0.341 e. The van der Waals surface area contributed by atoms with Gasteiger partial charge in [0.15, 0.2) is 0 Å². The monoisotopic (exact) mass is 301 g/mol. The third-order valence-corrected chi connectivity index (χ3v) is 4.74. The van der Waals surface area contributed by atoms with Gasteiger partial charge < -0.3 is 4.90 Å². The fourth-order valence-corrected chi connectivity index (χ4v) is 3.21. The summed E-state index contributed by atoms with van der Waals surface area (Å²) < 4.78 is 22.9. The van der Waals surface area contributed by atoms with E-state index in [1.165, 1.54) is 6.07 Å². The number of hydrogen-bond donors (Lipinski definition) is 0. The van der Waals surface area contributed by atoms with E-state index in [4.69, 9.17) is 10.7 Å². The lowest BCUT2D eigenvalue weighted by Gasteiger charge is -2.17. The Labute approximate surface area is 117 Å². The number of carbonyl (C=O) groups excluding carboxylic acids is 1. The summed E-state index contributed by atoms with van der Waals surface area (Å²) in [5, 5.41) is 0. The predicted octanol–water partition coefficient (Wildman–Crippen LogP) is 2.40. The fraction of sp³-hybridized carbons (Fsp3) is 0.462. The molecule has 0 bridgehead atoms. The molecule has 0 N–H and O–H groups in total. The van der Waals surface area contributed by atoms with E-state index in [-0.39, 0.29) is 10.8 Å². The number of hydrogen-bond acceptors (Lipinski definition) is 3. The Bertz CT molecular complexity index is 608. The van der Waals surface area contributed by atoms with Crippen molar-refractivity contribution in [1.82, 2.24) is 4.90 Å². The molecule has 1 aromatic carbocycles. The molecule has 0 atom stereocenters. The standard InChI is InChI=1S/C13H16ClNO3S/c1-9-3-6-11(7-12(9)19(14,17)18)13(16)15(2)8-10-4-5-10/h3,6-7,10H,4-5,8H2,1-2H3. The average Bonchev–Trinajstić information content (AvgIpc) is 3.11. The van der Waals surface area contributed by atoms with Gasteiger partial charge in [-0.3, -0.25) is 4.79 Å². The summed E-state index contributed by atoms with van der Waals surface area (Å²) in [4.78, 5) is 13.8. The summed E-state index contributed by atoms with van der Waals surface area (Å²) in [7, 11) is 3.27. The third-order valence-electron chi connectivity index (χ3n) is 3.27. The lowest BCUT2D eigenvalue weighted by atomic mass is 10.1. The number of carbonyl (C=O) groups is 1. The number of benzene rings is 1. The van der Waals surface area contributed by atoms with Crippen molar-refractivity contribution >= 4 is 25.6 Å². The Morgan fingerprint density at radius 2 is 2.05 bits per heavy atom. The summed E-state index contributed by atoms with van der Waals surface area (Å²) in [5.74, 6) is 0.420. The molecule has 1 saturated carbocycles. The highest BCUT2D eigenvalue weighted by molar-refractivity contribution is 8.13. The second-order valence-electron chi connectivity index (χ2n) is 5.05. The minimum atomic E-state index is -3.82. The zero-order valence-corrected chi connectivity index (χ0v) is 12.5. The summed E-state index contributed by atoms with van der Waals surface area (Å²) in [6.07, 6.45) is 2.32. The highest BCUT2D eigenvalue weighted by Gasteiger charge is 2.26. The smallest absolute Gasteiger partial charge is 0.261 e. The van der Waals surface area contributed by atoms with Crippen LogP contribution in [0.25, 0.3) is 0 Å². The lowest BCUT2D eigenvalue weighted by Crippen LogP contribution is -2.28. The minimum absolute atomic E-state index is 0.000149. The Hall–Kier alpha value is -1.07. The first-order valence-corrected chi connectivity index (χ1v) is 8.41. The first-order valence-electron chi connectivity index (χ1n) is 6.10. The second kappa shape index (κ2) is 5.13. The van der Waals surface area contributed by atoms with E-state index in [2.05, 4.69) is 0 Å². The van der Waals surface area contributed by atoms with Crippen LogP contribution in [0.1, 0.15) is 28.8 Å². The highest BCUT2D eigenvalue weighted by atomic mass is 35.7. The van der Waals surface area contributed by atoms with Gasteiger partial charge in [0.25, 0.3) is 15.0 Å². The quantitative estimate of drug-likeness (QED) is 0.803. The van der Waals surface area contributed by atoms with Crippen LogP contribution < -0.4 is 0 Å². The summed E-state index contributed by atoms with van der Waals surface area (Å²) in [6.45, 7) is 2.37. The van der Waals surface area contributed by atoms with E-state index in [1.54, 1.807) is 31.0 Å². The molecule has 0 heterocycles. The highest BCUT2D eigenvalue weighted by Crippen LogP contribution is 2.30. The summed E-state index contributed by atoms with van der Waals surface area (Å²) >= 11 is 0. The molecule has 104 valence electrons. The molecule has 2 rings (SSSR count). The Morgan fingerprint density at radius 3 is 2.58 bits per heavy atom. The van der Waals surface area contributed by atoms with E-state index in [1.807, 2.05) is 0 Å². The SMILES string of the molecule is Cc1ccc(C(=O)N(C)CC2CC2)cc1S(=O)(=O)Cl. The molecule has 4 nitrogen and oxygen atoms in total. The van der Waals surface area contributed by atoms with Crippen LogP contribution >= 0.6 is 10.7 Å². The molecule has 0 saturated heterocycles. The molecule has 0 spiro atoms. The first-order chi connectivity index (χ1) is 8.79. The van der Waals surface area contributed by atoms with Crippen molar-refractivity contribution in [2.45, 2.75) is 24.7 Å². The van der Waals surface area contributed by atoms with Gasteiger partial charge in [-0.25, -0.2) is 8.42 Å². The van der Waals surface area contributed by atoms with Crippen LogP contribution in [0.2, 0.25) is 0 Å². The summed E-state index contributed by atoms with van der Waals surface area (Å²) in [6, 6.07) is 4.59. The van der Waals surface area contributed by atoms with Crippen LogP contribution in [0.3, 0.4) is 0 Å². The third kappa shape index (κ3) is 3.48. The van der Waals surface area contributed by atoms with E-state index >= 15 is 0 Å². The fourth-order valence-electron chi connectivity index (χ4n) is 1.99. The number of nitrogens with zero attached hydrogens (tertiary/aromatic N) is 1. The molecule has 1 aliphatic carbocycles. The van der Waals surface area contributed by atoms with E-state index in [9.17, 15) is 13.2 Å². The molecule has 0 aliphatic heterocycles. The van der Waals surface area contributed by atoms with Crippen molar-refractivity contribution in [1.29, 1.82) is 0 Å². The van der Waals surface area contributed by atoms with E-state index in [0.717, 1.165) is 19.4 Å². The Kier molecular flexibility index (Phi) is 3.87. The minimum Gasteiger partial charge on any atom is -0.341 e. The van der Waals surface area contributed by atoms with Gasteiger partial charge in [-0.2, -0.15) is 0 Å². The van der Waals surface area contributed by atoms with Crippen LogP contribution in [0.4, 0.5) is 0 Å². The van der Waals surface area contributed by atoms with Gasteiger partial charge >= 0.3 is 0 Å². The van der Waals surface area contributed by atoms with Crippen molar-refractivity contribution in [3.8, 4) is 0 Å². The van der Waals surface area contributed by atoms with E-state index in [0.29, 0.717) is 17.0 Å². The normalized spacial score (nSPS) is 15.3. The van der Waals surface area contributed by atoms with Crippen molar-refractivity contribution in [2.24, 2.45) is 5.92 Å². The van der Waals surface area contributed by atoms with Crippen LogP contribution in [-0.2, 0) is 9.05 Å². The van der Waals surface area contributed by atoms with Gasteiger partial charge in [-0.15, -0.1) is 0 Å². The number of aryl methyl sites for hydroxylation is 1. The molecular weight excluding hydrogens is 286 g/mol. The maximum absolute atomic E-state index is 12.2. The van der Waals surface area contributed by atoms with Gasteiger partial charge in [-0.1, -0.05) is 6.07 Å². The van der Waals surface area contributed by atoms with Crippen LogP contribution in [0.15, 0.2) is 23.1 Å². The number of halogens is 1. The van der Waals surface area contributed by atoms with Crippen molar-refractivity contribution < 1.29 is 13.2 Å². The molecule has 1 amide bonds. The molecule has 0 unspecified atom stereocenters. The molecule has 1 fully saturated rings. The molecule has 1 aromatic rings. The van der Waals surface area contributed by atoms with Gasteiger partial charge in [0.2, 0.25) is 0 Å². The topological polar surface area (TPSA) is 54.5 Å². The van der Waals surface area contributed by atoms with Gasteiger partial charge in [0.1, 0.15) is 0 Å². The maximum Gasteiger partial charge on any atom is 0.261 e. The average molecular weight is 302 g/mol. The van der Waals surface area contributed by atoms with Crippen molar-refractivity contribution in [3.05, 3.63) is 29.3 Å². The van der Waals surface area contributed by atoms with Crippen LogP contribution in [0, 0.1) is 12.8 Å². The molecular formula is C13H16ClNO3S. The molecule has 0 aromatic heterocycles. The van der Waals surface area contributed by atoms with Crippen molar-refractivity contribution in [2.75, 3.05) is 13.6 Å². The van der Waals surface area contributed by atoms with Crippen molar-refractivity contribution in [3.63, 3.8) is 0 Å². The van der Waals surface area contributed by atoms with Crippen LogP contribution in [0.5, 0.6) is 0 Å². The van der Waals surface area contributed by atoms with E-state index < -0.39 is 9.05 Å². The molecule has 0 radical (unpaired) electrons. The zero-order valence-electron chi connectivity index (χ0n) is 10.9. The lowest BCUT2D eigenvalue weighted by molar-refractivity contribution is 0.0788. The molecule has 6 heteroatoms. The van der Waals surface area contributed by atoms with Gasteiger partial charge in [-0.05, 0) is 43.4 Å². The number of amides is 1. The second-order valence-corrected chi connectivity index (χ2v) is 7.58. The molecule has 19 heavy (non-hydrogen) atoms. The zero-order chi connectivity index (χ0) is 14.2. The Balaban J connectivity index is 2.27.